The first-order chi connectivity index (χ1) is 13.9. The second kappa shape index (κ2) is 9.13. The zero-order chi connectivity index (χ0) is 21.0. The Morgan fingerprint density at radius 1 is 1.24 bits per heavy atom. The van der Waals surface area contributed by atoms with E-state index in [4.69, 9.17) is 4.74 Å². The van der Waals surface area contributed by atoms with Crippen molar-refractivity contribution in [3.8, 4) is 17.0 Å². The van der Waals surface area contributed by atoms with Gasteiger partial charge in [-0.2, -0.15) is 11.3 Å². The number of pyridine rings is 1. The van der Waals surface area contributed by atoms with Gasteiger partial charge in [0.15, 0.2) is 0 Å². The van der Waals surface area contributed by atoms with Crippen molar-refractivity contribution in [2.45, 2.75) is 26.9 Å². The lowest BCUT2D eigenvalue weighted by Crippen LogP contribution is -2.14. The van der Waals surface area contributed by atoms with Crippen LogP contribution in [0.15, 0.2) is 46.1 Å². The standard InChI is InChI=1S/C22H23F2N3OS/c1-5-27(4)13-25-21-11-20(16-6-7-29-12-16)22(26-14(21)2)28-15(3)17-8-18(23)10-19(24)9-17/h6-13,15H,5H2,1-4H3. The van der Waals surface area contributed by atoms with Crippen LogP contribution in [0.2, 0.25) is 0 Å². The number of hydrogen-bond donors (Lipinski definition) is 0. The van der Waals surface area contributed by atoms with Crippen molar-refractivity contribution in [1.82, 2.24) is 9.88 Å². The molecular formula is C22H23F2N3OS. The van der Waals surface area contributed by atoms with Gasteiger partial charge in [-0.25, -0.2) is 18.8 Å². The fourth-order valence-corrected chi connectivity index (χ4v) is 3.36. The minimum absolute atomic E-state index is 0.404. The van der Waals surface area contributed by atoms with Crippen molar-refractivity contribution >= 4 is 23.4 Å². The third kappa shape index (κ3) is 5.17. The molecule has 1 aromatic carbocycles. The lowest BCUT2D eigenvalue weighted by atomic mass is 10.1. The number of ether oxygens (including phenoxy) is 1. The van der Waals surface area contributed by atoms with Crippen molar-refractivity contribution < 1.29 is 13.5 Å². The minimum atomic E-state index is -0.637. The first-order valence-electron chi connectivity index (χ1n) is 9.28. The third-order valence-electron chi connectivity index (χ3n) is 4.52. The van der Waals surface area contributed by atoms with Crippen LogP contribution < -0.4 is 4.74 Å². The zero-order valence-electron chi connectivity index (χ0n) is 16.8. The van der Waals surface area contributed by atoms with Crippen molar-refractivity contribution in [2.75, 3.05) is 13.6 Å². The van der Waals surface area contributed by atoms with Crippen LogP contribution in [0.1, 0.15) is 31.2 Å². The predicted molar refractivity (Wildman–Crippen MR) is 114 cm³/mol. The van der Waals surface area contributed by atoms with Crippen LogP contribution >= 0.6 is 11.3 Å². The molecule has 0 aliphatic heterocycles. The first-order valence-corrected chi connectivity index (χ1v) is 10.2. The molecule has 1 atom stereocenters. The van der Waals surface area contributed by atoms with Crippen molar-refractivity contribution in [3.63, 3.8) is 0 Å². The molecule has 2 heterocycles. The van der Waals surface area contributed by atoms with Gasteiger partial charge in [0, 0.05) is 25.2 Å². The molecule has 0 radical (unpaired) electrons. The molecule has 0 aliphatic carbocycles. The molecule has 0 fully saturated rings. The van der Waals surface area contributed by atoms with Crippen LogP contribution in [0.25, 0.3) is 11.1 Å². The highest BCUT2D eigenvalue weighted by molar-refractivity contribution is 7.08. The van der Waals surface area contributed by atoms with Gasteiger partial charge >= 0.3 is 0 Å². The van der Waals surface area contributed by atoms with Gasteiger partial charge < -0.3 is 9.64 Å². The van der Waals surface area contributed by atoms with Gasteiger partial charge in [-0.3, -0.25) is 0 Å². The van der Waals surface area contributed by atoms with Gasteiger partial charge in [0.25, 0.3) is 0 Å². The Hall–Kier alpha value is -2.80. The molecule has 152 valence electrons. The van der Waals surface area contributed by atoms with Gasteiger partial charge in [0.2, 0.25) is 5.88 Å². The average Bonchev–Trinajstić information content (AvgIpc) is 3.20. The van der Waals surface area contributed by atoms with Crippen LogP contribution in [0, 0.1) is 18.6 Å². The molecule has 2 aromatic heterocycles. The molecule has 0 amide bonds. The number of aliphatic imine (C=N–C) groups is 1. The highest BCUT2D eigenvalue weighted by Crippen LogP contribution is 2.36. The number of thiophene rings is 1. The summed E-state index contributed by atoms with van der Waals surface area (Å²) in [5, 5.41) is 3.97. The summed E-state index contributed by atoms with van der Waals surface area (Å²) in [6, 6.07) is 7.28. The van der Waals surface area contributed by atoms with Gasteiger partial charge in [-0.1, -0.05) is 0 Å². The molecule has 7 heteroatoms. The van der Waals surface area contributed by atoms with Crippen LogP contribution in [-0.4, -0.2) is 29.8 Å². The van der Waals surface area contributed by atoms with E-state index < -0.39 is 17.7 Å². The summed E-state index contributed by atoms with van der Waals surface area (Å²) in [5.74, 6) is -0.870. The molecule has 0 spiro atoms. The topological polar surface area (TPSA) is 37.7 Å². The average molecular weight is 416 g/mol. The van der Waals surface area contributed by atoms with E-state index in [2.05, 4.69) is 9.98 Å². The zero-order valence-corrected chi connectivity index (χ0v) is 17.6. The van der Waals surface area contributed by atoms with E-state index in [1.165, 1.54) is 12.1 Å². The Balaban J connectivity index is 1.99. The summed E-state index contributed by atoms with van der Waals surface area (Å²) in [7, 11) is 1.95. The number of halogens is 2. The number of aryl methyl sites for hydroxylation is 1. The predicted octanol–water partition coefficient (Wildman–Crippen LogP) is 6.15. The van der Waals surface area contributed by atoms with E-state index in [1.54, 1.807) is 24.6 Å². The molecule has 3 aromatic rings. The fraction of sp³-hybridized carbons (Fsp3) is 0.273. The Bertz CT molecular complexity index is 985. The van der Waals surface area contributed by atoms with Gasteiger partial charge in [-0.05, 0) is 66.9 Å². The first kappa shape index (κ1) is 20.9. The summed E-state index contributed by atoms with van der Waals surface area (Å²) in [4.78, 5) is 11.1. The number of benzene rings is 1. The van der Waals surface area contributed by atoms with Crippen molar-refractivity contribution in [2.24, 2.45) is 4.99 Å². The maximum Gasteiger partial charge on any atom is 0.222 e. The summed E-state index contributed by atoms with van der Waals surface area (Å²) in [5.41, 5.74) is 3.59. The lowest BCUT2D eigenvalue weighted by Gasteiger charge is -2.18. The van der Waals surface area contributed by atoms with E-state index in [-0.39, 0.29) is 0 Å². The number of aromatic nitrogens is 1. The summed E-state index contributed by atoms with van der Waals surface area (Å²) in [6.45, 7) is 6.48. The van der Waals surface area contributed by atoms with Gasteiger partial charge in [-0.15, -0.1) is 0 Å². The lowest BCUT2D eigenvalue weighted by molar-refractivity contribution is 0.217. The fourth-order valence-electron chi connectivity index (χ4n) is 2.71. The van der Waals surface area contributed by atoms with E-state index in [0.29, 0.717) is 17.1 Å². The molecule has 1 unspecified atom stereocenters. The van der Waals surface area contributed by atoms with Crippen molar-refractivity contribution in [3.05, 3.63) is 64.0 Å². The summed E-state index contributed by atoms with van der Waals surface area (Å²) < 4.78 is 33.2. The van der Waals surface area contributed by atoms with Crippen LogP contribution in [0.5, 0.6) is 5.88 Å². The highest BCUT2D eigenvalue weighted by Gasteiger charge is 2.17. The van der Waals surface area contributed by atoms with E-state index in [1.807, 2.05) is 48.7 Å². The van der Waals surface area contributed by atoms with Crippen LogP contribution in [0.4, 0.5) is 14.5 Å². The minimum Gasteiger partial charge on any atom is -0.469 e. The Morgan fingerprint density at radius 2 is 1.97 bits per heavy atom. The summed E-state index contributed by atoms with van der Waals surface area (Å²) in [6.07, 6.45) is 1.19. The van der Waals surface area contributed by atoms with Gasteiger partial charge in [0.05, 0.1) is 17.7 Å². The molecule has 0 aliphatic rings. The Morgan fingerprint density at radius 3 is 2.59 bits per heavy atom. The monoisotopic (exact) mass is 415 g/mol. The number of nitrogens with zero attached hydrogens (tertiary/aromatic N) is 3. The van der Waals surface area contributed by atoms with E-state index in [0.717, 1.165) is 29.4 Å². The quantitative estimate of drug-likeness (QED) is 0.343. The molecule has 0 saturated carbocycles. The van der Waals surface area contributed by atoms with Crippen molar-refractivity contribution in [1.29, 1.82) is 0 Å². The molecule has 4 nitrogen and oxygen atoms in total. The molecule has 29 heavy (non-hydrogen) atoms. The van der Waals surface area contributed by atoms with Crippen LogP contribution in [0.3, 0.4) is 0 Å². The third-order valence-corrected chi connectivity index (χ3v) is 5.20. The Kier molecular flexibility index (Phi) is 6.59. The van der Waals surface area contributed by atoms with E-state index in [9.17, 15) is 8.78 Å². The SMILES string of the molecule is CCN(C)C=Nc1cc(-c2ccsc2)c(OC(C)c2cc(F)cc(F)c2)nc1C. The second-order valence-electron chi connectivity index (χ2n) is 6.74. The number of hydrogen-bond acceptors (Lipinski definition) is 4. The smallest absolute Gasteiger partial charge is 0.222 e. The molecule has 0 N–H and O–H groups in total. The Labute approximate surface area is 173 Å². The maximum absolute atomic E-state index is 13.6. The molecular weight excluding hydrogens is 392 g/mol. The summed E-state index contributed by atoms with van der Waals surface area (Å²) >= 11 is 1.57. The normalized spacial score (nSPS) is 12.3. The van der Waals surface area contributed by atoms with Crippen LogP contribution in [-0.2, 0) is 0 Å². The molecule has 3 rings (SSSR count). The second-order valence-corrected chi connectivity index (χ2v) is 7.52. The molecule has 0 bridgehead atoms. The number of rotatable bonds is 7. The molecule has 0 saturated heterocycles. The maximum atomic E-state index is 13.6. The largest absolute Gasteiger partial charge is 0.469 e. The van der Waals surface area contributed by atoms with Gasteiger partial charge in [0.1, 0.15) is 17.7 Å². The van der Waals surface area contributed by atoms with E-state index >= 15 is 0 Å². The highest BCUT2D eigenvalue weighted by atomic mass is 32.1.